The van der Waals surface area contributed by atoms with Gasteiger partial charge in [0.15, 0.2) is 0 Å². The maximum atomic E-state index is 12.6. The number of aryl methyl sites for hydroxylation is 1. The van der Waals surface area contributed by atoms with E-state index in [9.17, 15) is 23.1 Å². The van der Waals surface area contributed by atoms with Crippen molar-refractivity contribution in [3.8, 4) is 11.5 Å². The summed E-state index contributed by atoms with van der Waals surface area (Å²) < 4.78 is 49.2. The zero-order valence-electron chi connectivity index (χ0n) is 26.7. The molecule has 0 aliphatic heterocycles. The molecule has 6 unspecified atom stereocenters. The highest BCUT2D eigenvalue weighted by molar-refractivity contribution is 5.85. The lowest BCUT2D eigenvalue weighted by Crippen LogP contribution is -2.45. The van der Waals surface area contributed by atoms with Gasteiger partial charge in [-0.1, -0.05) is 43.3 Å². The average Bonchev–Trinajstić information content (AvgIpc) is 3.34. The number of ether oxygens (including phenoxy) is 2. The molecule has 250 valence electrons. The highest BCUT2D eigenvalue weighted by Gasteiger charge is 2.56. The number of rotatable bonds is 7. The maximum Gasteiger partial charge on any atom is 0.416 e. The van der Waals surface area contributed by atoms with Crippen molar-refractivity contribution in [3.63, 3.8) is 0 Å². The van der Waals surface area contributed by atoms with Crippen molar-refractivity contribution in [2.45, 2.75) is 83.1 Å². The molecule has 6 rings (SSSR count). The van der Waals surface area contributed by atoms with Crippen LogP contribution in [0.15, 0.2) is 72.8 Å². The number of aromatic hydroxyl groups is 1. The minimum Gasteiger partial charge on any atom is -0.508 e. The number of carbonyl (C=O) groups is 1. The Morgan fingerprint density at radius 1 is 1.02 bits per heavy atom. The van der Waals surface area contributed by atoms with Crippen molar-refractivity contribution in [1.29, 1.82) is 0 Å². The van der Waals surface area contributed by atoms with Crippen LogP contribution in [0.3, 0.4) is 0 Å². The Hall–Kier alpha value is -3.23. The number of phenols is 1. The fourth-order valence-electron chi connectivity index (χ4n) is 8.04. The molecule has 3 aliphatic rings. The van der Waals surface area contributed by atoms with Crippen LogP contribution in [0, 0.1) is 17.3 Å². The molecule has 9 heteroatoms. The highest BCUT2D eigenvalue weighted by Crippen LogP contribution is 2.61. The van der Waals surface area contributed by atoms with Crippen molar-refractivity contribution >= 4 is 18.4 Å². The molecule has 0 aromatic heterocycles. The summed E-state index contributed by atoms with van der Waals surface area (Å²) >= 11 is 0. The lowest BCUT2D eigenvalue weighted by Gasteiger charge is -2.50. The van der Waals surface area contributed by atoms with E-state index in [0.717, 1.165) is 49.9 Å². The molecule has 0 heterocycles. The Morgan fingerprint density at radius 3 is 2.39 bits per heavy atom. The van der Waals surface area contributed by atoms with Gasteiger partial charge in [-0.3, -0.25) is 4.79 Å². The molecule has 46 heavy (non-hydrogen) atoms. The predicted octanol–water partition coefficient (Wildman–Crippen LogP) is 9.04. The van der Waals surface area contributed by atoms with E-state index in [1.165, 1.54) is 49.4 Å². The fraction of sp³-hybridized carbons (Fsp3) is 0.486. The second-order valence-electron chi connectivity index (χ2n) is 13.0. The van der Waals surface area contributed by atoms with Gasteiger partial charge in [0.1, 0.15) is 23.7 Å². The summed E-state index contributed by atoms with van der Waals surface area (Å²) in [6, 6.07) is 20.4. The third kappa shape index (κ3) is 8.00. The second-order valence-corrected chi connectivity index (χ2v) is 13.0. The van der Waals surface area contributed by atoms with Gasteiger partial charge in [0.25, 0.3) is 0 Å². The van der Waals surface area contributed by atoms with E-state index >= 15 is 0 Å². The van der Waals surface area contributed by atoms with Crippen LogP contribution < -0.4 is 10.1 Å². The molecule has 2 N–H and O–H groups in total. The number of benzene rings is 3. The van der Waals surface area contributed by atoms with Gasteiger partial charge in [0.05, 0.1) is 5.56 Å². The van der Waals surface area contributed by atoms with Gasteiger partial charge in [-0.15, -0.1) is 12.4 Å². The number of carbonyl (C=O) groups excluding carboxylic acids is 1. The standard InChI is InChI=1S/C20H26O3.C17H18F3NO.ClH/c1-12(21)23-19-8-7-18-17-5-3-13-11-14(22)4-6-15(13)16(17)9-10-20(18,19)2;1-21-12-11-16(13-5-3-2-4-6-13)22-15-9-7-14(8-10-15)17(18,19)20;/h4,6,11,16-19,22H,3,5,7-10H2,1-2H3;2-10,16,21H,11-12H2,1H3;1H. The summed E-state index contributed by atoms with van der Waals surface area (Å²) in [6.07, 6.45) is 3.08. The number of esters is 1. The smallest absolute Gasteiger partial charge is 0.416 e. The average molecular weight is 660 g/mol. The zero-order valence-corrected chi connectivity index (χ0v) is 27.5. The van der Waals surface area contributed by atoms with Gasteiger partial charge < -0.3 is 19.9 Å². The molecule has 3 aromatic carbocycles. The summed E-state index contributed by atoms with van der Waals surface area (Å²) in [5.41, 5.74) is 3.27. The number of alkyl halides is 3. The van der Waals surface area contributed by atoms with Gasteiger partial charge in [0.2, 0.25) is 0 Å². The van der Waals surface area contributed by atoms with E-state index in [0.29, 0.717) is 29.3 Å². The van der Waals surface area contributed by atoms with Crippen LogP contribution in [-0.4, -0.2) is 30.8 Å². The van der Waals surface area contributed by atoms with E-state index < -0.39 is 11.7 Å². The van der Waals surface area contributed by atoms with Crippen LogP contribution >= 0.6 is 12.4 Å². The van der Waals surface area contributed by atoms with Crippen molar-refractivity contribution < 1.29 is 32.5 Å². The minimum atomic E-state index is -4.33. The molecule has 0 spiro atoms. The molecule has 3 aromatic rings. The van der Waals surface area contributed by atoms with Crippen LogP contribution in [0.5, 0.6) is 11.5 Å². The first kappa shape index (κ1) is 35.6. The summed E-state index contributed by atoms with van der Waals surface area (Å²) in [4.78, 5) is 11.4. The zero-order chi connectivity index (χ0) is 32.2. The Bertz CT molecular complexity index is 1430. The quantitative estimate of drug-likeness (QED) is 0.248. The molecular formula is C37H45ClF3NO4. The molecule has 3 aliphatic carbocycles. The first-order chi connectivity index (χ1) is 21.5. The molecule has 0 saturated heterocycles. The van der Waals surface area contributed by atoms with Crippen LogP contribution in [-0.2, 0) is 22.1 Å². The summed E-state index contributed by atoms with van der Waals surface area (Å²) in [5.74, 6) is 2.66. The third-order valence-corrected chi connectivity index (χ3v) is 10.2. The Balaban J connectivity index is 0.000000205. The number of halogens is 4. The molecule has 0 amide bonds. The van der Waals surface area contributed by atoms with Crippen LogP contribution in [0.2, 0.25) is 0 Å². The van der Waals surface area contributed by atoms with Crippen molar-refractivity contribution in [1.82, 2.24) is 5.32 Å². The highest BCUT2D eigenvalue weighted by atomic mass is 35.5. The van der Waals surface area contributed by atoms with E-state index in [4.69, 9.17) is 9.47 Å². The van der Waals surface area contributed by atoms with E-state index in [1.807, 2.05) is 49.5 Å². The number of fused-ring (bicyclic) bond motifs is 5. The fourth-order valence-corrected chi connectivity index (χ4v) is 8.04. The van der Waals surface area contributed by atoms with Crippen LogP contribution in [0.25, 0.3) is 0 Å². The number of nitrogens with one attached hydrogen (secondary N) is 1. The molecule has 0 radical (unpaired) electrons. The van der Waals surface area contributed by atoms with E-state index in [1.54, 1.807) is 0 Å². The second kappa shape index (κ2) is 15.1. The van der Waals surface area contributed by atoms with Crippen molar-refractivity contribution in [3.05, 3.63) is 95.1 Å². The number of phenolic OH excluding ortho intramolecular Hbond substituents is 1. The lowest BCUT2D eigenvalue weighted by atomic mass is 9.55. The SMILES string of the molecule is CC(=O)OC1CCC2C3CCc4cc(O)ccc4C3CCC12C.CNCCC(Oc1ccc(C(F)(F)F)cc1)c1ccccc1.Cl. The number of hydrogen-bond donors (Lipinski definition) is 2. The lowest BCUT2D eigenvalue weighted by molar-refractivity contribution is -0.154. The molecule has 2 saturated carbocycles. The van der Waals surface area contributed by atoms with Gasteiger partial charge in [-0.25, -0.2) is 0 Å². The first-order valence-electron chi connectivity index (χ1n) is 16.0. The van der Waals surface area contributed by atoms with Crippen molar-refractivity contribution in [2.24, 2.45) is 17.3 Å². The van der Waals surface area contributed by atoms with E-state index in [2.05, 4.69) is 18.3 Å². The Labute approximate surface area is 276 Å². The third-order valence-electron chi connectivity index (χ3n) is 10.2. The largest absolute Gasteiger partial charge is 0.508 e. The summed E-state index contributed by atoms with van der Waals surface area (Å²) in [7, 11) is 1.85. The van der Waals surface area contributed by atoms with Gasteiger partial charge in [-0.05, 0) is 123 Å². The van der Waals surface area contributed by atoms with E-state index in [-0.39, 0.29) is 36.0 Å². The van der Waals surface area contributed by atoms with Gasteiger partial charge >= 0.3 is 12.1 Å². The van der Waals surface area contributed by atoms with Gasteiger partial charge in [0, 0.05) is 18.8 Å². The molecular weight excluding hydrogens is 615 g/mol. The topological polar surface area (TPSA) is 67.8 Å². The maximum absolute atomic E-state index is 12.6. The van der Waals surface area contributed by atoms with Gasteiger partial charge in [-0.2, -0.15) is 13.2 Å². The van der Waals surface area contributed by atoms with Crippen LogP contribution in [0.1, 0.15) is 86.6 Å². The molecule has 6 atom stereocenters. The summed E-state index contributed by atoms with van der Waals surface area (Å²) in [6.45, 7) is 4.63. The summed E-state index contributed by atoms with van der Waals surface area (Å²) in [5, 5.41) is 12.8. The van der Waals surface area contributed by atoms with Crippen molar-refractivity contribution in [2.75, 3.05) is 13.6 Å². The first-order valence-corrected chi connectivity index (χ1v) is 16.0. The van der Waals surface area contributed by atoms with Crippen LogP contribution in [0.4, 0.5) is 13.2 Å². The predicted molar refractivity (Wildman–Crippen MR) is 175 cm³/mol. The Kier molecular flexibility index (Phi) is 11.7. The molecule has 0 bridgehead atoms. The monoisotopic (exact) mass is 659 g/mol. The Morgan fingerprint density at radius 2 is 1.74 bits per heavy atom. The number of hydrogen-bond acceptors (Lipinski definition) is 5. The minimum absolute atomic E-state index is 0. The normalized spacial score (nSPS) is 25.3. The molecule has 2 fully saturated rings. The molecule has 5 nitrogen and oxygen atoms in total.